The summed E-state index contributed by atoms with van der Waals surface area (Å²) in [7, 11) is 0. The molecule has 13 rings (SSSR count). The number of aromatic nitrogens is 4. The minimum atomic E-state index is 0.459. The summed E-state index contributed by atoms with van der Waals surface area (Å²) < 4.78 is 9.15. The molecular weight excluding hydrogens is 853 g/mol. The van der Waals surface area contributed by atoms with Gasteiger partial charge in [0, 0.05) is 43.1 Å². The first-order valence-electron chi connectivity index (χ1n) is 24.6. The Bertz CT molecular complexity index is 3880. The van der Waals surface area contributed by atoms with E-state index in [2.05, 4.69) is 228 Å². The molecule has 0 spiro atoms. The van der Waals surface area contributed by atoms with Crippen LogP contribution in [0, 0.1) is 22.7 Å². The Balaban J connectivity index is 1.36. The van der Waals surface area contributed by atoms with Crippen molar-refractivity contribution in [3.63, 3.8) is 0 Å². The SMILES string of the molecule is CCc1ccc2c(c1)c1ccccc1n2-c1c(C#N)c(-n2c3ccccc3c3cc(CC)ccc32)c(-n2c3ccccc3c3cc(CC)ccc32)c(C#N)c1-n1c2ccccc2c2cc(CC)ccc21. The lowest BCUT2D eigenvalue weighted by atomic mass is 9.98. The molecule has 6 heteroatoms. The van der Waals surface area contributed by atoms with Crippen LogP contribution in [0.15, 0.2) is 170 Å². The number of benzene rings is 9. The summed E-state index contributed by atoms with van der Waals surface area (Å²) in [6.07, 6.45) is 3.53. The minimum absolute atomic E-state index is 0.459. The van der Waals surface area contributed by atoms with Crippen LogP contribution in [-0.4, -0.2) is 18.3 Å². The molecule has 0 amide bonds. The number of hydrogen-bond donors (Lipinski definition) is 0. The van der Waals surface area contributed by atoms with Crippen molar-refractivity contribution < 1.29 is 0 Å². The molecule has 0 N–H and O–H groups in total. The Morgan fingerprint density at radius 1 is 0.286 bits per heavy atom. The fourth-order valence-corrected chi connectivity index (χ4v) is 11.7. The highest BCUT2D eigenvalue weighted by Gasteiger charge is 2.34. The first-order chi connectivity index (χ1) is 34.5. The summed E-state index contributed by atoms with van der Waals surface area (Å²) in [4.78, 5) is 0. The van der Waals surface area contributed by atoms with Crippen molar-refractivity contribution in [1.82, 2.24) is 18.3 Å². The molecule has 4 heterocycles. The van der Waals surface area contributed by atoms with Crippen LogP contribution in [-0.2, 0) is 25.7 Å². The molecule has 0 aliphatic heterocycles. The largest absolute Gasteiger partial charge is 0.306 e. The maximum atomic E-state index is 12.6. The summed E-state index contributed by atoms with van der Waals surface area (Å²) in [5.41, 5.74) is 16.1. The van der Waals surface area contributed by atoms with Gasteiger partial charge in [0.05, 0.1) is 66.9 Å². The number of aryl methyl sites for hydroxylation is 4. The molecule has 0 aliphatic carbocycles. The van der Waals surface area contributed by atoms with Gasteiger partial charge in [0.25, 0.3) is 0 Å². The van der Waals surface area contributed by atoms with Gasteiger partial charge >= 0.3 is 0 Å². The van der Waals surface area contributed by atoms with Crippen LogP contribution in [0.5, 0.6) is 0 Å². The maximum absolute atomic E-state index is 12.6. The van der Waals surface area contributed by atoms with Gasteiger partial charge in [-0.1, -0.05) is 125 Å². The van der Waals surface area contributed by atoms with Gasteiger partial charge in [0.15, 0.2) is 0 Å². The van der Waals surface area contributed by atoms with Gasteiger partial charge in [-0.15, -0.1) is 0 Å². The van der Waals surface area contributed by atoms with Crippen LogP contribution >= 0.6 is 0 Å². The summed E-state index contributed by atoms with van der Waals surface area (Å²) in [5.74, 6) is 0. The van der Waals surface area contributed by atoms with Crippen molar-refractivity contribution in [3.8, 4) is 34.9 Å². The van der Waals surface area contributed by atoms with Crippen LogP contribution in [0.4, 0.5) is 0 Å². The molecule has 0 saturated heterocycles. The standard InChI is InChI=1S/C64H48N6/c1-5-39-25-29-57-47(33-39)43-17-9-13-21-53(43)67(57)61-51(37-65)63(69-55-23-15-11-19-45(55)49-35-41(7-3)27-31-59(49)69)64(70-56-24-16-12-20-46(56)50-36-42(8-4)28-32-60(50)70)52(38-66)62(61)68-54-22-14-10-18-44(54)48-34-40(6-2)26-30-58(48)68/h9-36H,5-8H2,1-4H3. The van der Waals surface area contributed by atoms with Crippen molar-refractivity contribution in [2.24, 2.45) is 0 Å². The zero-order valence-electron chi connectivity index (χ0n) is 39.7. The third kappa shape index (κ3) is 5.71. The van der Waals surface area contributed by atoms with Crippen LogP contribution in [0.2, 0.25) is 0 Å². The molecular formula is C64H48N6. The predicted molar refractivity (Wildman–Crippen MR) is 291 cm³/mol. The van der Waals surface area contributed by atoms with Crippen molar-refractivity contribution in [2.45, 2.75) is 53.4 Å². The monoisotopic (exact) mass is 900 g/mol. The molecule has 334 valence electrons. The second kappa shape index (κ2) is 15.9. The lowest BCUT2D eigenvalue weighted by Crippen LogP contribution is -2.16. The summed E-state index contributed by atoms with van der Waals surface area (Å²) in [6, 6.07) is 66.9. The molecule has 0 radical (unpaired) electrons. The number of rotatable bonds is 8. The van der Waals surface area contributed by atoms with E-state index in [4.69, 9.17) is 0 Å². The van der Waals surface area contributed by atoms with Crippen LogP contribution in [0.1, 0.15) is 61.1 Å². The second-order valence-electron chi connectivity index (χ2n) is 18.6. The molecule has 0 aliphatic rings. The number of fused-ring (bicyclic) bond motifs is 12. The van der Waals surface area contributed by atoms with Crippen molar-refractivity contribution in [3.05, 3.63) is 203 Å². The van der Waals surface area contributed by atoms with Gasteiger partial charge in [-0.05, 0) is 121 Å². The predicted octanol–water partition coefficient (Wildman–Crippen LogP) is 16.1. The zero-order valence-corrected chi connectivity index (χ0v) is 39.7. The molecule has 6 nitrogen and oxygen atoms in total. The molecule has 4 aromatic heterocycles. The zero-order chi connectivity index (χ0) is 47.4. The number of nitriles is 2. The normalized spacial score (nSPS) is 11.9. The van der Waals surface area contributed by atoms with Gasteiger partial charge < -0.3 is 18.3 Å². The van der Waals surface area contributed by atoms with E-state index in [1.54, 1.807) is 0 Å². The smallest absolute Gasteiger partial charge is 0.104 e. The second-order valence-corrected chi connectivity index (χ2v) is 18.6. The highest BCUT2D eigenvalue weighted by atomic mass is 15.1. The van der Waals surface area contributed by atoms with E-state index in [1.165, 1.54) is 22.3 Å². The number of hydrogen-bond acceptors (Lipinski definition) is 2. The fourth-order valence-electron chi connectivity index (χ4n) is 11.7. The molecule has 0 unspecified atom stereocenters. The molecule has 0 bridgehead atoms. The van der Waals surface area contributed by atoms with Crippen molar-refractivity contribution in [2.75, 3.05) is 0 Å². The third-order valence-corrected chi connectivity index (χ3v) is 15.1. The van der Waals surface area contributed by atoms with Gasteiger partial charge in [0.2, 0.25) is 0 Å². The summed E-state index contributed by atoms with van der Waals surface area (Å²) in [6.45, 7) is 8.76. The van der Waals surface area contributed by atoms with E-state index in [0.29, 0.717) is 33.9 Å². The van der Waals surface area contributed by atoms with Gasteiger partial charge in [-0.3, -0.25) is 0 Å². The van der Waals surface area contributed by atoms with Crippen LogP contribution in [0.3, 0.4) is 0 Å². The van der Waals surface area contributed by atoms with Crippen LogP contribution < -0.4 is 0 Å². The van der Waals surface area contributed by atoms with Crippen molar-refractivity contribution in [1.29, 1.82) is 10.5 Å². The van der Waals surface area contributed by atoms with E-state index in [-0.39, 0.29) is 0 Å². The quantitative estimate of drug-likeness (QED) is 0.152. The Morgan fingerprint density at radius 3 is 0.714 bits per heavy atom. The van der Waals surface area contributed by atoms with E-state index < -0.39 is 0 Å². The average molecular weight is 901 g/mol. The highest BCUT2D eigenvalue weighted by molar-refractivity contribution is 6.16. The highest BCUT2D eigenvalue weighted by Crippen LogP contribution is 2.49. The topological polar surface area (TPSA) is 67.3 Å². The molecule has 9 aromatic carbocycles. The molecule has 70 heavy (non-hydrogen) atoms. The molecule has 0 fully saturated rings. The Labute approximate surface area is 405 Å². The minimum Gasteiger partial charge on any atom is -0.306 e. The van der Waals surface area contributed by atoms with Gasteiger partial charge in [-0.25, -0.2) is 0 Å². The Hall–Kier alpha value is -8.84. The van der Waals surface area contributed by atoms with Crippen LogP contribution in [0.25, 0.3) is 110 Å². The number of para-hydroxylation sites is 4. The van der Waals surface area contributed by atoms with Gasteiger partial charge in [-0.2, -0.15) is 10.5 Å². The van der Waals surface area contributed by atoms with E-state index in [9.17, 15) is 10.5 Å². The molecule has 0 atom stereocenters. The molecule has 0 saturated carbocycles. The maximum Gasteiger partial charge on any atom is 0.104 e. The van der Waals surface area contributed by atoms with E-state index >= 15 is 0 Å². The number of nitrogens with zero attached hydrogens (tertiary/aromatic N) is 6. The van der Waals surface area contributed by atoms with E-state index in [1.807, 2.05) is 0 Å². The third-order valence-electron chi connectivity index (χ3n) is 15.1. The van der Waals surface area contributed by atoms with Crippen molar-refractivity contribution >= 4 is 87.2 Å². The first-order valence-corrected chi connectivity index (χ1v) is 24.6. The summed E-state index contributed by atoms with van der Waals surface area (Å²) >= 11 is 0. The fraction of sp³-hybridized carbons (Fsp3) is 0.125. The Morgan fingerprint density at radius 2 is 0.500 bits per heavy atom. The lowest BCUT2D eigenvalue weighted by Gasteiger charge is -2.27. The Kier molecular flexibility index (Phi) is 9.38. The summed E-state index contributed by atoms with van der Waals surface area (Å²) in [5, 5.41) is 33.9. The van der Waals surface area contributed by atoms with Gasteiger partial charge in [0.1, 0.15) is 23.3 Å². The molecule has 13 aromatic rings. The first kappa shape index (κ1) is 41.4. The van der Waals surface area contributed by atoms with E-state index in [0.717, 1.165) is 113 Å². The lowest BCUT2D eigenvalue weighted by molar-refractivity contribution is 1.02. The average Bonchev–Trinajstić information content (AvgIpc) is 4.13.